The summed E-state index contributed by atoms with van der Waals surface area (Å²) in [5.41, 5.74) is 1.86. The summed E-state index contributed by atoms with van der Waals surface area (Å²) < 4.78 is 46.2. The van der Waals surface area contributed by atoms with Crippen molar-refractivity contribution in [2.75, 3.05) is 38.6 Å². The molecule has 198 valence electrons. The van der Waals surface area contributed by atoms with Gasteiger partial charge in [0.1, 0.15) is 23.2 Å². The molecule has 0 aliphatic carbocycles. The summed E-state index contributed by atoms with van der Waals surface area (Å²) in [5, 5.41) is 4.39. The van der Waals surface area contributed by atoms with Crippen LogP contribution in [-0.2, 0) is 16.6 Å². The van der Waals surface area contributed by atoms with Crippen LogP contribution in [0.25, 0.3) is 10.9 Å². The number of methoxy groups -OCH3 is 1. The molecule has 1 atom stereocenters. The number of halogens is 1. The van der Waals surface area contributed by atoms with Crippen molar-refractivity contribution in [3.63, 3.8) is 0 Å². The van der Waals surface area contributed by atoms with Gasteiger partial charge in [-0.2, -0.15) is 4.31 Å². The van der Waals surface area contributed by atoms with Crippen molar-refractivity contribution >= 4 is 26.7 Å². The van der Waals surface area contributed by atoms with Gasteiger partial charge in [0.15, 0.2) is 0 Å². The molecule has 3 aromatic carbocycles. The summed E-state index contributed by atoms with van der Waals surface area (Å²) >= 11 is 0. The van der Waals surface area contributed by atoms with Crippen LogP contribution in [0.15, 0.2) is 77.7 Å². The number of fused-ring (bicyclic) bond motifs is 1. The van der Waals surface area contributed by atoms with Gasteiger partial charge in [0.2, 0.25) is 10.0 Å². The van der Waals surface area contributed by atoms with E-state index >= 15 is 0 Å². The number of aromatic nitrogens is 2. The quantitative estimate of drug-likeness (QED) is 0.357. The zero-order valence-corrected chi connectivity index (χ0v) is 22.2. The lowest BCUT2D eigenvalue weighted by Gasteiger charge is -2.36. The van der Waals surface area contributed by atoms with Crippen molar-refractivity contribution in [2.24, 2.45) is 0 Å². The fourth-order valence-electron chi connectivity index (χ4n) is 4.69. The summed E-state index contributed by atoms with van der Waals surface area (Å²) in [6, 6.07) is 20.6. The molecule has 5 rings (SSSR count). The molecular weight excluding hydrogens is 505 g/mol. The number of rotatable bonds is 8. The van der Waals surface area contributed by atoms with E-state index in [9.17, 15) is 12.8 Å². The number of piperazine rings is 1. The van der Waals surface area contributed by atoms with Gasteiger partial charge in [-0.25, -0.2) is 22.8 Å². The average molecular weight is 536 g/mol. The molecule has 0 amide bonds. The van der Waals surface area contributed by atoms with Crippen LogP contribution in [0.5, 0.6) is 5.75 Å². The molecule has 1 N–H and O–H groups in total. The van der Waals surface area contributed by atoms with Crippen molar-refractivity contribution in [2.45, 2.75) is 24.4 Å². The minimum Gasteiger partial charge on any atom is -0.496 e. The molecule has 1 aliphatic heterocycles. The fourth-order valence-corrected chi connectivity index (χ4v) is 6.12. The Morgan fingerprint density at radius 1 is 0.947 bits per heavy atom. The second kappa shape index (κ2) is 11.0. The predicted molar refractivity (Wildman–Crippen MR) is 145 cm³/mol. The second-order valence-corrected chi connectivity index (χ2v) is 11.1. The first-order chi connectivity index (χ1) is 18.4. The van der Waals surface area contributed by atoms with Gasteiger partial charge in [-0.05, 0) is 49.4 Å². The number of anilines is 1. The van der Waals surface area contributed by atoms with Crippen LogP contribution in [0.1, 0.15) is 24.4 Å². The van der Waals surface area contributed by atoms with Crippen LogP contribution < -0.4 is 10.1 Å². The first-order valence-corrected chi connectivity index (χ1v) is 13.9. The van der Waals surface area contributed by atoms with E-state index in [0.717, 1.165) is 28.0 Å². The number of nitrogens with zero attached hydrogens (tertiary/aromatic N) is 4. The maximum absolute atomic E-state index is 13.3. The maximum Gasteiger partial charge on any atom is 0.243 e. The van der Waals surface area contributed by atoms with Gasteiger partial charge in [-0.15, -0.1) is 0 Å². The molecule has 0 saturated carbocycles. The van der Waals surface area contributed by atoms with Gasteiger partial charge in [0, 0.05) is 43.7 Å². The molecule has 1 aliphatic rings. The van der Waals surface area contributed by atoms with Crippen LogP contribution in [0.3, 0.4) is 0 Å². The van der Waals surface area contributed by atoms with E-state index in [1.807, 2.05) is 55.5 Å². The zero-order valence-electron chi connectivity index (χ0n) is 21.3. The molecule has 38 heavy (non-hydrogen) atoms. The maximum atomic E-state index is 13.3. The monoisotopic (exact) mass is 535 g/mol. The summed E-state index contributed by atoms with van der Waals surface area (Å²) in [4.78, 5) is 12.0. The lowest BCUT2D eigenvalue weighted by molar-refractivity contribution is 0.141. The average Bonchev–Trinajstić information content (AvgIpc) is 2.95. The molecule has 0 radical (unpaired) electrons. The van der Waals surface area contributed by atoms with E-state index in [-0.39, 0.29) is 10.9 Å². The Hall–Kier alpha value is -3.60. The smallest absolute Gasteiger partial charge is 0.243 e. The minimum atomic E-state index is -3.68. The first kappa shape index (κ1) is 26.0. The van der Waals surface area contributed by atoms with Gasteiger partial charge in [0.05, 0.1) is 23.6 Å². The largest absolute Gasteiger partial charge is 0.496 e. The third-order valence-electron chi connectivity index (χ3n) is 6.91. The fraction of sp³-hybridized carbons (Fsp3) is 0.286. The highest BCUT2D eigenvalue weighted by Gasteiger charge is 2.31. The van der Waals surface area contributed by atoms with Crippen LogP contribution in [-0.4, -0.2) is 60.9 Å². The van der Waals surface area contributed by atoms with Crippen molar-refractivity contribution in [3.05, 3.63) is 90.0 Å². The van der Waals surface area contributed by atoms with Gasteiger partial charge in [-0.3, -0.25) is 4.90 Å². The van der Waals surface area contributed by atoms with Crippen LogP contribution in [0, 0.1) is 5.82 Å². The summed E-state index contributed by atoms with van der Waals surface area (Å²) in [6.45, 7) is 4.30. The standard InChI is InChI=1S/C28H30FN5O3S/c1-20(33-15-17-34(18-16-33)38(35,36)23-13-11-22(29)12-14-23)27-31-25-9-5-4-8-24(25)28(32-27)30-19-21-7-3-6-10-26(21)37-2/h3-14,20H,15-19H2,1-2H3,(H,30,31,32)/t20-/m0/s1. The first-order valence-electron chi connectivity index (χ1n) is 12.5. The minimum absolute atomic E-state index is 0.101. The van der Waals surface area contributed by atoms with Gasteiger partial charge in [0.25, 0.3) is 0 Å². The highest BCUT2D eigenvalue weighted by Crippen LogP contribution is 2.28. The Bertz CT molecular complexity index is 1520. The van der Waals surface area contributed by atoms with Crippen LogP contribution in [0.4, 0.5) is 10.2 Å². The molecule has 1 aromatic heterocycles. The van der Waals surface area contributed by atoms with E-state index in [0.29, 0.717) is 38.5 Å². The Morgan fingerprint density at radius 2 is 1.63 bits per heavy atom. The highest BCUT2D eigenvalue weighted by atomic mass is 32.2. The zero-order chi connectivity index (χ0) is 26.7. The second-order valence-electron chi connectivity index (χ2n) is 9.18. The van der Waals surface area contributed by atoms with Gasteiger partial charge >= 0.3 is 0 Å². The lowest BCUT2D eigenvalue weighted by Crippen LogP contribution is -2.49. The number of sulfonamides is 1. The summed E-state index contributed by atoms with van der Waals surface area (Å²) in [5.74, 6) is 1.75. The Morgan fingerprint density at radius 3 is 2.37 bits per heavy atom. The molecular formula is C28H30FN5O3S. The van der Waals surface area contributed by atoms with Crippen molar-refractivity contribution in [3.8, 4) is 5.75 Å². The van der Waals surface area contributed by atoms with E-state index in [4.69, 9.17) is 14.7 Å². The van der Waals surface area contributed by atoms with E-state index in [1.165, 1.54) is 28.6 Å². The normalized spacial score (nSPS) is 15.9. The van der Waals surface area contributed by atoms with Crippen LogP contribution in [0.2, 0.25) is 0 Å². The van der Waals surface area contributed by atoms with Gasteiger partial charge in [-0.1, -0.05) is 30.3 Å². The molecule has 2 heterocycles. The summed E-state index contributed by atoms with van der Waals surface area (Å²) in [6.07, 6.45) is 0. The molecule has 0 unspecified atom stereocenters. The summed E-state index contributed by atoms with van der Waals surface area (Å²) in [7, 11) is -2.02. The number of benzene rings is 3. The van der Waals surface area contributed by atoms with E-state index in [2.05, 4.69) is 10.2 Å². The lowest BCUT2D eigenvalue weighted by atomic mass is 10.1. The number of nitrogens with one attached hydrogen (secondary N) is 1. The Balaban J connectivity index is 1.33. The van der Waals surface area contributed by atoms with Crippen LogP contribution >= 0.6 is 0 Å². The molecule has 0 spiro atoms. The van der Waals surface area contributed by atoms with E-state index in [1.54, 1.807) is 7.11 Å². The number of ether oxygens (including phenoxy) is 1. The van der Waals surface area contributed by atoms with Crippen molar-refractivity contribution in [1.82, 2.24) is 19.2 Å². The molecule has 1 saturated heterocycles. The molecule has 0 bridgehead atoms. The number of hydrogen-bond donors (Lipinski definition) is 1. The molecule has 10 heteroatoms. The Kier molecular flexibility index (Phi) is 7.55. The third-order valence-corrected chi connectivity index (χ3v) is 8.82. The molecule has 1 fully saturated rings. The van der Waals surface area contributed by atoms with Crippen molar-refractivity contribution < 1.29 is 17.5 Å². The SMILES string of the molecule is COc1ccccc1CNc1nc([C@H](C)N2CCN(S(=O)(=O)c3ccc(F)cc3)CC2)nc2ccccc12. The topological polar surface area (TPSA) is 87.7 Å². The number of para-hydroxylation sites is 2. The molecule has 4 aromatic rings. The Labute approximate surface area is 222 Å². The highest BCUT2D eigenvalue weighted by molar-refractivity contribution is 7.89. The van der Waals surface area contributed by atoms with Crippen molar-refractivity contribution in [1.29, 1.82) is 0 Å². The molecule has 8 nitrogen and oxygen atoms in total. The third kappa shape index (κ3) is 5.33. The van der Waals surface area contributed by atoms with Gasteiger partial charge < -0.3 is 10.1 Å². The van der Waals surface area contributed by atoms with E-state index < -0.39 is 15.8 Å². The number of hydrogen-bond acceptors (Lipinski definition) is 7. The predicted octanol–water partition coefficient (Wildman–Crippen LogP) is 4.46.